The van der Waals surface area contributed by atoms with E-state index in [1.807, 2.05) is 54.2 Å². The Labute approximate surface area is 195 Å². The first-order valence-corrected chi connectivity index (χ1v) is 11.0. The Balaban J connectivity index is 1.40. The Morgan fingerprint density at radius 3 is 2.88 bits per heavy atom. The number of ether oxygens (including phenoxy) is 1. The van der Waals surface area contributed by atoms with Crippen LogP contribution in [-0.2, 0) is 6.54 Å². The molecule has 4 aromatic rings. The van der Waals surface area contributed by atoms with Gasteiger partial charge in [0.25, 0.3) is 0 Å². The normalized spacial score (nSPS) is 12.7. The molecule has 0 radical (unpaired) electrons. The molecule has 164 valence electrons. The van der Waals surface area contributed by atoms with Gasteiger partial charge in [0.2, 0.25) is 0 Å². The summed E-state index contributed by atoms with van der Waals surface area (Å²) in [4.78, 5) is 18.2. The van der Waals surface area contributed by atoms with Crippen molar-refractivity contribution in [1.82, 2.24) is 29.7 Å². The van der Waals surface area contributed by atoms with Gasteiger partial charge in [0, 0.05) is 24.8 Å². The van der Waals surface area contributed by atoms with Crippen molar-refractivity contribution in [3.63, 3.8) is 0 Å². The predicted octanol–water partition coefficient (Wildman–Crippen LogP) is 4.47. The van der Waals surface area contributed by atoms with Gasteiger partial charge in [-0.1, -0.05) is 36.1 Å². The summed E-state index contributed by atoms with van der Waals surface area (Å²) in [5.74, 6) is -0.628. The lowest BCUT2D eigenvalue weighted by atomic mass is 10.1. The zero-order chi connectivity index (χ0) is 23.0. The van der Waals surface area contributed by atoms with E-state index in [1.54, 1.807) is 24.7 Å². The van der Waals surface area contributed by atoms with Crippen molar-refractivity contribution in [2.24, 2.45) is 0 Å². The molecule has 0 aromatic carbocycles. The summed E-state index contributed by atoms with van der Waals surface area (Å²) in [5.41, 5.74) is 3.15. The van der Waals surface area contributed by atoms with E-state index in [9.17, 15) is 5.26 Å². The number of thiazole rings is 1. The van der Waals surface area contributed by atoms with Crippen LogP contribution < -0.4 is 4.74 Å². The highest BCUT2D eigenvalue weighted by molar-refractivity contribution is 7.18. The summed E-state index contributed by atoms with van der Waals surface area (Å²) in [6.45, 7) is 6.91. The number of rotatable bonds is 9. The summed E-state index contributed by atoms with van der Waals surface area (Å²) in [7, 11) is 0. The molecule has 0 aliphatic carbocycles. The standard InChI is InChI=1S/C24H21N7OS/c1-3-18(15-31-13-5-11-28-31)8-7-17(2)16-32-24-27-12-9-20(30-24)19(14-25)22-29-21-6-4-10-26-23(21)33-22/h3-13,19H,2,15-16H2,1H3. The second kappa shape index (κ2) is 10.4. The Morgan fingerprint density at radius 2 is 2.12 bits per heavy atom. The minimum absolute atomic E-state index is 0.185. The molecule has 1 unspecified atom stereocenters. The molecule has 0 N–H and O–H groups in total. The van der Waals surface area contributed by atoms with Crippen molar-refractivity contribution < 1.29 is 4.74 Å². The van der Waals surface area contributed by atoms with Gasteiger partial charge in [-0.3, -0.25) is 4.68 Å². The number of nitrogens with zero attached hydrogens (tertiary/aromatic N) is 7. The largest absolute Gasteiger partial charge is 0.459 e. The van der Waals surface area contributed by atoms with Gasteiger partial charge >= 0.3 is 6.01 Å². The monoisotopic (exact) mass is 455 g/mol. The van der Waals surface area contributed by atoms with Crippen LogP contribution in [0.25, 0.3) is 10.3 Å². The van der Waals surface area contributed by atoms with Crippen LogP contribution in [0.5, 0.6) is 6.01 Å². The van der Waals surface area contributed by atoms with Crippen molar-refractivity contribution in [1.29, 1.82) is 5.26 Å². The lowest BCUT2D eigenvalue weighted by molar-refractivity contribution is 0.325. The van der Waals surface area contributed by atoms with Crippen molar-refractivity contribution in [3.05, 3.63) is 95.7 Å². The highest BCUT2D eigenvalue weighted by Gasteiger charge is 2.21. The fourth-order valence-corrected chi connectivity index (χ4v) is 3.96. The first-order valence-electron chi connectivity index (χ1n) is 10.2. The second-order valence-electron chi connectivity index (χ2n) is 7.05. The van der Waals surface area contributed by atoms with Gasteiger partial charge in [-0.15, -0.1) is 0 Å². The van der Waals surface area contributed by atoms with Crippen molar-refractivity contribution in [2.75, 3.05) is 6.61 Å². The van der Waals surface area contributed by atoms with Gasteiger partial charge in [0.15, 0.2) is 0 Å². The highest BCUT2D eigenvalue weighted by Crippen LogP contribution is 2.29. The van der Waals surface area contributed by atoms with Gasteiger partial charge < -0.3 is 4.74 Å². The Kier molecular flexibility index (Phi) is 6.97. The third-order valence-electron chi connectivity index (χ3n) is 4.70. The van der Waals surface area contributed by atoms with Crippen molar-refractivity contribution >= 4 is 21.7 Å². The molecule has 8 nitrogen and oxygen atoms in total. The van der Waals surface area contributed by atoms with Gasteiger partial charge in [0.05, 0.1) is 18.3 Å². The highest BCUT2D eigenvalue weighted by atomic mass is 32.1. The first kappa shape index (κ1) is 22.0. The van der Waals surface area contributed by atoms with Gasteiger partial charge in [-0.05, 0) is 42.3 Å². The zero-order valence-corrected chi connectivity index (χ0v) is 18.8. The summed E-state index contributed by atoms with van der Waals surface area (Å²) in [5, 5.41) is 14.6. The zero-order valence-electron chi connectivity index (χ0n) is 18.0. The average Bonchev–Trinajstić information content (AvgIpc) is 3.51. The minimum atomic E-state index is -0.628. The van der Waals surface area contributed by atoms with Crippen LogP contribution in [0, 0.1) is 11.3 Å². The van der Waals surface area contributed by atoms with Gasteiger partial charge in [-0.2, -0.15) is 15.3 Å². The van der Waals surface area contributed by atoms with Crippen LogP contribution in [0.3, 0.4) is 0 Å². The van der Waals surface area contributed by atoms with E-state index in [0.29, 0.717) is 17.2 Å². The summed E-state index contributed by atoms with van der Waals surface area (Å²) < 4.78 is 7.57. The van der Waals surface area contributed by atoms with Crippen molar-refractivity contribution in [3.8, 4) is 12.1 Å². The molecule has 0 aliphatic heterocycles. The van der Waals surface area contributed by atoms with E-state index < -0.39 is 5.92 Å². The van der Waals surface area contributed by atoms with E-state index in [-0.39, 0.29) is 12.6 Å². The number of hydrogen-bond acceptors (Lipinski definition) is 8. The fraction of sp³-hybridized carbons (Fsp3) is 0.167. The third-order valence-corrected chi connectivity index (χ3v) is 5.75. The topological polar surface area (TPSA) is 102 Å². The van der Waals surface area contributed by atoms with Crippen LogP contribution in [0.1, 0.15) is 23.5 Å². The molecule has 4 aromatic heterocycles. The van der Waals surface area contributed by atoms with Gasteiger partial charge in [-0.25, -0.2) is 15.0 Å². The maximum absolute atomic E-state index is 9.76. The average molecular weight is 456 g/mol. The Morgan fingerprint density at radius 1 is 1.21 bits per heavy atom. The third kappa shape index (κ3) is 5.56. The maximum Gasteiger partial charge on any atom is 0.316 e. The molecule has 0 saturated heterocycles. The predicted molar refractivity (Wildman–Crippen MR) is 127 cm³/mol. The number of allylic oxidation sites excluding steroid dienone is 3. The van der Waals surface area contributed by atoms with Crippen molar-refractivity contribution in [2.45, 2.75) is 19.4 Å². The molecule has 0 spiro atoms. The quantitative estimate of drug-likeness (QED) is 0.343. The number of pyridine rings is 1. The van der Waals surface area contributed by atoms with Crippen LogP contribution >= 0.6 is 11.3 Å². The first-order chi connectivity index (χ1) is 16.2. The summed E-state index contributed by atoms with van der Waals surface area (Å²) in [6.07, 6.45) is 12.9. The molecule has 0 bridgehead atoms. The van der Waals surface area contributed by atoms with E-state index in [4.69, 9.17) is 4.74 Å². The van der Waals surface area contributed by atoms with Crippen LogP contribution in [-0.4, -0.2) is 36.3 Å². The minimum Gasteiger partial charge on any atom is -0.459 e. The SMILES string of the molecule is C=C(C=CC(=CC)Cn1cccn1)COc1nccc(C(C#N)c2nc3cccnc3s2)n1. The molecule has 0 aliphatic rings. The van der Waals surface area contributed by atoms with Crippen LogP contribution in [0.4, 0.5) is 0 Å². The Bertz CT molecular complexity index is 1320. The fourth-order valence-electron chi connectivity index (χ4n) is 2.99. The molecule has 4 heterocycles. The molecule has 0 saturated carbocycles. The molecule has 0 fully saturated rings. The lowest BCUT2D eigenvalue weighted by Gasteiger charge is -2.08. The van der Waals surface area contributed by atoms with Gasteiger partial charge in [0.1, 0.15) is 27.9 Å². The smallest absolute Gasteiger partial charge is 0.316 e. The molecular weight excluding hydrogens is 434 g/mol. The molecule has 9 heteroatoms. The number of hydrogen-bond donors (Lipinski definition) is 0. The van der Waals surface area contributed by atoms with E-state index in [1.165, 1.54) is 11.3 Å². The summed E-state index contributed by atoms with van der Waals surface area (Å²) in [6, 6.07) is 9.74. The number of fused-ring (bicyclic) bond motifs is 1. The van der Waals surface area contributed by atoms with Crippen LogP contribution in [0.15, 0.2) is 85.0 Å². The molecule has 1 atom stereocenters. The molecule has 0 amide bonds. The molecule has 4 rings (SSSR count). The number of aromatic nitrogens is 6. The summed E-state index contributed by atoms with van der Waals surface area (Å²) >= 11 is 1.38. The molecule has 33 heavy (non-hydrogen) atoms. The second-order valence-corrected chi connectivity index (χ2v) is 8.06. The lowest BCUT2D eigenvalue weighted by Crippen LogP contribution is -2.06. The van der Waals surface area contributed by atoms with E-state index >= 15 is 0 Å². The maximum atomic E-state index is 9.76. The number of nitriles is 1. The Hall–Kier alpha value is -4.16. The van der Waals surface area contributed by atoms with E-state index in [0.717, 1.165) is 21.5 Å². The molecular formula is C24H21N7OS. The van der Waals surface area contributed by atoms with Crippen LogP contribution in [0.2, 0.25) is 0 Å². The van der Waals surface area contributed by atoms with E-state index in [2.05, 4.69) is 37.7 Å².